The second-order valence-electron chi connectivity index (χ2n) is 6.48. The van der Waals surface area contributed by atoms with Crippen LogP contribution >= 0.6 is 23.4 Å². The maximum Gasteiger partial charge on any atom is 0.255 e. The molecule has 1 atom stereocenters. The van der Waals surface area contributed by atoms with E-state index in [0.717, 1.165) is 4.90 Å². The van der Waals surface area contributed by atoms with Crippen LogP contribution in [-0.4, -0.2) is 17.1 Å². The first-order valence-corrected chi connectivity index (χ1v) is 10.6. The molecule has 0 fully saturated rings. The van der Waals surface area contributed by atoms with Gasteiger partial charge in [0.25, 0.3) is 5.91 Å². The predicted molar refractivity (Wildman–Crippen MR) is 121 cm³/mol. The highest BCUT2D eigenvalue weighted by molar-refractivity contribution is 8.00. The number of amides is 2. The van der Waals surface area contributed by atoms with Crippen molar-refractivity contribution in [1.82, 2.24) is 0 Å². The fourth-order valence-corrected chi connectivity index (χ4v) is 3.95. The topological polar surface area (TPSA) is 58.2 Å². The van der Waals surface area contributed by atoms with Crippen LogP contribution in [0.5, 0.6) is 0 Å². The van der Waals surface area contributed by atoms with Crippen LogP contribution in [0.3, 0.4) is 0 Å². The van der Waals surface area contributed by atoms with Crippen molar-refractivity contribution in [3.05, 3.63) is 89.2 Å². The van der Waals surface area contributed by atoms with Gasteiger partial charge in [0.1, 0.15) is 5.82 Å². The molecule has 0 saturated carbocycles. The Kier molecular flexibility index (Phi) is 7.49. The third kappa shape index (κ3) is 5.84. The highest BCUT2D eigenvalue weighted by Gasteiger charge is 2.19. The Balaban J connectivity index is 1.67. The van der Waals surface area contributed by atoms with Gasteiger partial charge < -0.3 is 10.6 Å². The van der Waals surface area contributed by atoms with Gasteiger partial charge in [0, 0.05) is 21.2 Å². The zero-order chi connectivity index (χ0) is 21.5. The molecule has 4 nitrogen and oxygen atoms in total. The van der Waals surface area contributed by atoms with Crippen molar-refractivity contribution in [2.45, 2.75) is 23.5 Å². The normalized spacial score (nSPS) is 11.6. The summed E-state index contributed by atoms with van der Waals surface area (Å²) in [4.78, 5) is 25.8. The summed E-state index contributed by atoms with van der Waals surface area (Å²) in [6.07, 6.45) is 0.560. The summed E-state index contributed by atoms with van der Waals surface area (Å²) in [5, 5.41) is 5.54. The summed E-state index contributed by atoms with van der Waals surface area (Å²) in [7, 11) is 0. The molecule has 7 heteroatoms. The molecule has 30 heavy (non-hydrogen) atoms. The lowest BCUT2D eigenvalue weighted by atomic mass is 10.2. The van der Waals surface area contributed by atoms with E-state index >= 15 is 0 Å². The summed E-state index contributed by atoms with van der Waals surface area (Å²) in [5.74, 6) is -1.03. The van der Waals surface area contributed by atoms with E-state index < -0.39 is 11.1 Å². The molecule has 3 aromatic carbocycles. The summed E-state index contributed by atoms with van der Waals surface area (Å²) in [5.41, 5.74) is 1.22. The Morgan fingerprint density at radius 2 is 1.77 bits per heavy atom. The summed E-state index contributed by atoms with van der Waals surface area (Å²) < 4.78 is 13.8. The number of benzene rings is 3. The molecule has 1 unspecified atom stereocenters. The van der Waals surface area contributed by atoms with Crippen molar-refractivity contribution in [1.29, 1.82) is 0 Å². The number of nitrogens with one attached hydrogen (secondary N) is 2. The number of carbonyl (C=O) groups is 2. The van der Waals surface area contributed by atoms with E-state index in [4.69, 9.17) is 11.6 Å². The van der Waals surface area contributed by atoms with Crippen LogP contribution in [0.2, 0.25) is 5.02 Å². The Morgan fingerprint density at radius 3 is 2.50 bits per heavy atom. The van der Waals surface area contributed by atoms with E-state index in [2.05, 4.69) is 10.6 Å². The van der Waals surface area contributed by atoms with Crippen LogP contribution in [0.25, 0.3) is 0 Å². The molecule has 0 aliphatic carbocycles. The van der Waals surface area contributed by atoms with Crippen molar-refractivity contribution in [3.63, 3.8) is 0 Å². The van der Waals surface area contributed by atoms with E-state index in [1.165, 1.54) is 23.9 Å². The minimum absolute atomic E-state index is 0.157. The lowest BCUT2D eigenvalue weighted by Gasteiger charge is -2.16. The third-order valence-electron chi connectivity index (χ3n) is 4.25. The molecule has 3 rings (SSSR count). The predicted octanol–water partition coefficient (Wildman–Crippen LogP) is 6.24. The number of carbonyl (C=O) groups excluding carboxylic acids is 2. The SMILES string of the molecule is CCC(Sc1cccc(NC(=O)c2cccc(Cl)c2)c1)C(=O)Nc1ccccc1F. The molecule has 0 spiro atoms. The van der Waals surface area contributed by atoms with Crippen LogP contribution < -0.4 is 10.6 Å². The minimum Gasteiger partial charge on any atom is -0.323 e. The molecule has 0 heterocycles. The van der Waals surface area contributed by atoms with E-state index in [0.29, 0.717) is 22.7 Å². The first kappa shape index (κ1) is 21.9. The molecular formula is C23H20ClFN2O2S. The minimum atomic E-state index is -0.476. The van der Waals surface area contributed by atoms with Crippen molar-refractivity contribution in [2.75, 3.05) is 10.6 Å². The fourth-order valence-electron chi connectivity index (χ4n) is 2.74. The van der Waals surface area contributed by atoms with Crippen molar-refractivity contribution in [3.8, 4) is 0 Å². The number of anilines is 2. The number of hydrogen-bond acceptors (Lipinski definition) is 3. The van der Waals surface area contributed by atoms with Gasteiger partial charge in [0.15, 0.2) is 0 Å². The molecular weight excluding hydrogens is 423 g/mol. The first-order valence-electron chi connectivity index (χ1n) is 9.35. The first-order chi connectivity index (χ1) is 14.5. The quantitative estimate of drug-likeness (QED) is 0.426. The lowest BCUT2D eigenvalue weighted by Crippen LogP contribution is -2.25. The van der Waals surface area contributed by atoms with Crippen molar-refractivity contribution < 1.29 is 14.0 Å². The lowest BCUT2D eigenvalue weighted by molar-refractivity contribution is -0.115. The Labute approximate surface area is 183 Å². The molecule has 3 aromatic rings. The van der Waals surface area contributed by atoms with Crippen LogP contribution in [0, 0.1) is 5.82 Å². The maximum absolute atomic E-state index is 13.8. The van der Waals surface area contributed by atoms with Gasteiger partial charge in [0.05, 0.1) is 10.9 Å². The summed E-state index contributed by atoms with van der Waals surface area (Å²) in [6.45, 7) is 1.89. The highest BCUT2D eigenvalue weighted by atomic mass is 35.5. The van der Waals surface area contributed by atoms with Gasteiger partial charge in [0.2, 0.25) is 5.91 Å². The molecule has 0 aromatic heterocycles. The Morgan fingerprint density at radius 1 is 1.00 bits per heavy atom. The average molecular weight is 443 g/mol. The summed E-state index contributed by atoms with van der Waals surface area (Å²) >= 11 is 7.30. The van der Waals surface area contributed by atoms with Crippen LogP contribution in [0.1, 0.15) is 23.7 Å². The standard InChI is InChI=1S/C23H20ClFN2O2S/c1-2-21(23(29)27-20-12-4-3-11-19(20)25)30-18-10-6-9-17(14-18)26-22(28)15-7-5-8-16(24)13-15/h3-14,21H,2H2,1H3,(H,26,28)(H,27,29). The average Bonchev–Trinajstić information content (AvgIpc) is 2.74. The molecule has 0 saturated heterocycles. The summed E-state index contributed by atoms with van der Waals surface area (Å²) in [6, 6.07) is 20.0. The van der Waals surface area contributed by atoms with Gasteiger partial charge in [-0.15, -0.1) is 11.8 Å². The van der Waals surface area contributed by atoms with Crippen molar-refractivity contribution in [2.24, 2.45) is 0 Å². The number of para-hydroxylation sites is 1. The Bertz CT molecular complexity index is 1060. The zero-order valence-electron chi connectivity index (χ0n) is 16.2. The van der Waals surface area contributed by atoms with Gasteiger partial charge in [-0.05, 0) is 55.0 Å². The maximum atomic E-state index is 13.8. The molecule has 2 amide bonds. The second-order valence-corrected chi connectivity index (χ2v) is 8.19. The molecule has 0 aliphatic heterocycles. The number of halogens is 2. The smallest absolute Gasteiger partial charge is 0.255 e. The molecule has 0 radical (unpaired) electrons. The zero-order valence-corrected chi connectivity index (χ0v) is 17.8. The van der Waals surface area contributed by atoms with Gasteiger partial charge in [-0.25, -0.2) is 4.39 Å². The molecule has 0 aliphatic rings. The van der Waals surface area contributed by atoms with Gasteiger partial charge in [-0.3, -0.25) is 9.59 Å². The van der Waals surface area contributed by atoms with E-state index in [9.17, 15) is 14.0 Å². The molecule has 0 bridgehead atoms. The van der Waals surface area contributed by atoms with E-state index in [1.807, 2.05) is 13.0 Å². The fraction of sp³-hybridized carbons (Fsp3) is 0.130. The van der Waals surface area contributed by atoms with Crippen LogP contribution in [0.4, 0.5) is 15.8 Å². The molecule has 154 valence electrons. The van der Waals surface area contributed by atoms with Crippen LogP contribution in [0.15, 0.2) is 77.7 Å². The number of hydrogen-bond donors (Lipinski definition) is 2. The Hall–Kier alpha value is -2.83. The number of rotatable bonds is 7. The highest BCUT2D eigenvalue weighted by Crippen LogP contribution is 2.29. The second kappa shape index (κ2) is 10.3. The third-order valence-corrected chi connectivity index (χ3v) is 5.85. The van der Waals surface area contributed by atoms with E-state index in [-0.39, 0.29) is 17.5 Å². The van der Waals surface area contributed by atoms with Gasteiger partial charge in [-0.2, -0.15) is 0 Å². The molecule has 2 N–H and O–H groups in total. The largest absolute Gasteiger partial charge is 0.323 e. The van der Waals surface area contributed by atoms with Crippen LogP contribution in [-0.2, 0) is 4.79 Å². The van der Waals surface area contributed by atoms with Gasteiger partial charge in [-0.1, -0.05) is 42.8 Å². The monoisotopic (exact) mass is 442 g/mol. The van der Waals surface area contributed by atoms with Crippen molar-refractivity contribution >= 4 is 46.6 Å². The van der Waals surface area contributed by atoms with E-state index in [1.54, 1.807) is 54.6 Å². The van der Waals surface area contributed by atoms with Gasteiger partial charge >= 0.3 is 0 Å². The number of thioether (sulfide) groups is 1.